The standard InChI is InChI=1S/C30H35NO5/c1-6-14-35-29(33)26-19(2)31-22-16-30(3,4)17-23(32)28(22)27(26)21-12-13-24(25(15-21)34-5)36-18-20-10-8-7-9-11-20/h7-13,15,26-27H,6,14,16-18H2,1-5H3/t26?,27-/m0/s1. The van der Waals surface area contributed by atoms with Gasteiger partial charge in [-0.05, 0) is 48.4 Å². The van der Waals surface area contributed by atoms with E-state index in [9.17, 15) is 9.59 Å². The summed E-state index contributed by atoms with van der Waals surface area (Å²) in [5.74, 6) is -0.310. The zero-order chi connectivity index (χ0) is 25.9. The Morgan fingerprint density at radius 1 is 1.08 bits per heavy atom. The predicted octanol–water partition coefficient (Wildman–Crippen LogP) is 6.04. The molecule has 0 bridgehead atoms. The summed E-state index contributed by atoms with van der Waals surface area (Å²) in [5.41, 5.74) is 3.76. The molecule has 1 heterocycles. The van der Waals surface area contributed by atoms with Gasteiger partial charge in [-0.1, -0.05) is 57.2 Å². The number of rotatable bonds is 8. The van der Waals surface area contributed by atoms with Crippen molar-refractivity contribution in [1.29, 1.82) is 0 Å². The minimum Gasteiger partial charge on any atom is -0.493 e. The summed E-state index contributed by atoms with van der Waals surface area (Å²) in [5, 5.41) is 0. The van der Waals surface area contributed by atoms with Gasteiger partial charge in [0.05, 0.1) is 13.7 Å². The van der Waals surface area contributed by atoms with E-state index in [1.807, 2.05) is 62.4 Å². The summed E-state index contributed by atoms with van der Waals surface area (Å²) in [6, 6.07) is 15.6. The second-order valence-electron chi connectivity index (χ2n) is 10.4. The van der Waals surface area contributed by atoms with Crippen LogP contribution in [0.5, 0.6) is 11.5 Å². The monoisotopic (exact) mass is 489 g/mol. The molecular weight excluding hydrogens is 454 g/mol. The van der Waals surface area contributed by atoms with Gasteiger partial charge in [-0.3, -0.25) is 14.6 Å². The normalized spacial score (nSPS) is 20.9. The number of hydrogen-bond donors (Lipinski definition) is 0. The molecule has 0 fully saturated rings. The molecular formula is C30H35NO5. The Bertz CT molecular complexity index is 1200. The number of ketones is 1. The van der Waals surface area contributed by atoms with Crippen LogP contribution in [0.2, 0.25) is 0 Å². The van der Waals surface area contributed by atoms with Crippen molar-refractivity contribution in [2.24, 2.45) is 16.3 Å². The fourth-order valence-corrected chi connectivity index (χ4v) is 5.14. The first kappa shape index (κ1) is 25.7. The van der Waals surface area contributed by atoms with Gasteiger partial charge in [0, 0.05) is 29.3 Å². The van der Waals surface area contributed by atoms with Crippen molar-refractivity contribution in [3.05, 3.63) is 70.9 Å². The topological polar surface area (TPSA) is 74.2 Å². The molecule has 0 aromatic heterocycles. The lowest BCUT2D eigenvalue weighted by molar-refractivity contribution is -0.146. The van der Waals surface area contributed by atoms with Gasteiger partial charge < -0.3 is 14.2 Å². The smallest absolute Gasteiger partial charge is 0.315 e. The summed E-state index contributed by atoms with van der Waals surface area (Å²) < 4.78 is 17.3. The van der Waals surface area contributed by atoms with E-state index in [-0.39, 0.29) is 17.2 Å². The first-order chi connectivity index (χ1) is 17.2. The fourth-order valence-electron chi connectivity index (χ4n) is 5.14. The number of allylic oxidation sites excluding steroid dienone is 2. The van der Waals surface area contributed by atoms with E-state index >= 15 is 0 Å². The Hall–Kier alpha value is -3.41. The third-order valence-corrected chi connectivity index (χ3v) is 6.79. The zero-order valence-corrected chi connectivity index (χ0v) is 21.8. The molecule has 1 unspecified atom stereocenters. The molecule has 2 aliphatic rings. The minimum atomic E-state index is -0.666. The van der Waals surface area contributed by atoms with Crippen LogP contribution in [-0.2, 0) is 20.9 Å². The van der Waals surface area contributed by atoms with Gasteiger partial charge in [-0.25, -0.2) is 0 Å². The zero-order valence-electron chi connectivity index (χ0n) is 21.8. The van der Waals surface area contributed by atoms with Crippen LogP contribution in [-0.4, -0.2) is 31.2 Å². The lowest BCUT2D eigenvalue weighted by atomic mass is 9.67. The average Bonchev–Trinajstić information content (AvgIpc) is 2.85. The number of hydrogen-bond acceptors (Lipinski definition) is 6. The maximum atomic E-state index is 13.5. The first-order valence-electron chi connectivity index (χ1n) is 12.6. The molecule has 0 saturated carbocycles. The van der Waals surface area contributed by atoms with Crippen LogP contribution < -0.4 is 9.47 Å². The van der Waals surface area contributed by atoms with E-state index in [1.165, 1.54) is 0 Å². The number of carbonyl (C=O) groups excluding carboxylic acids is 2. The molecule has 0 N–H and O–H groups in total. The molecule has 190 valence electrons. The maximum Gasteiger partial charge on any atom is 0.315 e. The Morgan fingerprint density at radius 3 is 2.53 bits per heavy atom. The van der Waals surface area contributed by atoms with Gasteiger partial charge in [0.1, 0.15) is 12.5 Å². The Morgan fingerprint density at radius 2 is 1.83 bits per heavy atom. The van der Waals surface area contributed by atoms with Gasteiger partial charge >= 0.3 is 5.97 Å². The molecule has 6 nitrogen and oxygen atoms in total. The third-order valence-electron chi connectivity index (χ3n) is 6.79. The second kappa shape index (κ2) is 10.7. The molecule has 6 heteroatoms. The van der Waals surface area contributed by atoms with Crippen molar-refractivity contribution in [2.45, 2.75) is 59.5 Å². The number of esters is 1. The molecule has 0 saturated heterocycles. The van der Waals surface area contributed by atoms with E-state index < -0.39 is 11.8 Å². The van der Waals surface area contributed by atoms with Crippen LogP contribution in [0.1, 0.15) is 64.0 Å². The molecule has 0 amide bonds. The first-order valence-corrected chi connectivity index (χ1v) is 12.6. The van der Waals surface area contributed by atoms with Gasteiger partial charge in [0.2, 0.25) is 0 Å². The van der Waals surface area contributed by atoms with Gasteiger partial charge in [0.15, 0.2) is 17.3 Å². The van der Waals surface area contributed by atoms with Gasteiger partial charge in [-0.15, -0.1) is 0 Å². The van der Waals surface area contributed by atoms with Crippen LogP contribution in [0.4, 0.5) is 0 Å². The molecule has 2 atom stereocenters. The van der Waals surface area contributed by atoms with E-state index in [0.717, 1.165) is 23.2 Å². The van der Waals surface area contributed by atoms with Crippen molar-refractivity contribution in [1.82, 2.24) is 0 Å². The molecule has 1 aliphatic carbocycles. The van der Waals surface area contributed by atoms with Crippen molar-refractivity contribution in [2.75, 3.05) is 13.7 Å². The Labute approximate surface area is 213 Å². The largest absolute Gasteiger partial charge is 0.493 e. The summed E-state index contributed by atoms with van der Waals surface area (Å²) in [4.78, 5) is 31.5. The van der Waals surface area contributed by atoms with Crippen LogP contribution >= 0.6 is 0 Å². The van der Waals surface area contributed by atoms with Crippen molar-refractivity contribution in [3.63, 3.8) is 0 Å². The molecule has 2 aromatic rings. The average molecular weight is 490 g/mol. The second-order valence-corrected chi connectivity index (χ2v) is 10.4. The number of Topliss-reactive ketones (excluding diaryl/α,β-unsaturated/α-hetero) is 1. The number of aliphatic imine (C=N–C) groups is 1. The third kappa shape index (κ3) is 5.38. The highest BCUT2D eigenvalue weighted by Crippen LogP contribution is 2.49. The number of benzene rings is 2. The Balaban J connectivity index is 1.74. The lowest BCUT2D eigenvalue weighted by Crippen LogP contribution is -2.39. The minimum absolute atomic E-state index is 0.0409. The summed E-state index contributed by atoms with van der Waals surface area (Å²) >= 11 is 0. The van der Waals surface area contributed by atoms with E-state index in [1.54, 1.807) is 7.11 Å². The van der Waals surface area contributed by atoms with Gasteiger partial charge in [-0.2, -0.15) is 0 Å². The lowest BCUT2D eigenvalue weighted by Gasteiger charge is -2.39. The van der Waals surface area contributed by atoms with Crippen molar-refractivity contribution < 1.29 is 23.8 Å². The molecule has 1 aliphatic heterocycles. The maximum absolute atomic E-state index is 13.5. The van der Waals surface area contributed by atoms with Crippen LogP contribution in [0.15, 0.2) is 64.8 Å². The molecule has 0 spiro atoms. The summed E-state index contributed by atoms with van der Waals surface area (Å²) in [7, 11) is 1.59. The highest BCUT2D eigenvalue weighted by Gasteiger charge is 2.46. The SMILES string of the molecule is CCCOC(=O)C1C(C)=NC2=C(C(=O)CC(C)(C)C2)[C@H]1c1ccc(OCc2ccccc2)c(OC)c1. The van der Waals surface area contributed by atoms with Crippen LogP contribution in [0.25, 0.3) is 0 Å². The number of nitrogens with zero attached hydrogens (tertiary/aromatic N) is 1. The number of methoxy groups -OCH3 is 1. The highest BCUT2D eigenvalue weighted by molar-refractivity contribution is 6.09. The summed E-state index contributed by atoms with van der Waals surface area (Å²) in [6.07, 6.45) is 1.83. The van der Waals surface area contributed by atoms with Crippen molar-refractivity contribution >= 4 is 17.5 Å². The van der Waals surface area contributed by atoms with Crippen molar-refractivity contribution in [3.8, 4) is 11.5 Å². The molecule has 0 radical (unpaired) electrons. The molecule has 36 heavy (non-hydrogen) atoms. The van der Waals surface area contributed by atoms with E-state index in [0.29, 0.717) is 48.8 Å². The molecule has 2 aromatic carbocycles. The summed E-state index contributed by atoms with van der Waals surface area (Å²) in [6.45, 7) is 8.71. The van der Waals surface area contributed by atoms with Gasteiger partial charge in [0.25, 0.3) is 0 Å². The van der Waals surface area contributed by atoms with Crippen LogP contribution in [0, 0.1) is 11.3 Å². The van der Waals surface area contributed by atoms with E-state index in [4.69, 9.17) is 19.2 Å². The predicted molar refractivity (Wildman–Crippen MR) is 139 cm³/mol. The number of ether oxygens (including phenoxy) is 3. The quantitative estimate of drug-likeness (QED) is 0.422. The van der Waals surface area contributed by atoms with E-state index in [2.05, 4.69) is 13.8 Å². The number of carbonyl (C=O) groups is 2. The highest BCUT2D eigenvalue weighted by atomic mass is 16.5. The fraction of sp³-hybridized carbons (Fsp3) is 0.433. The van der Waals surface area contributed by atoms with Crippen LogP contribution in [0.3, 0.4) is 0 Å². The Kier molecular flexibility index (Phi) is 7.62. The molecule has 4 rings (SSSR count).